The number of pyridine rings is 3. The maximum atomic E-state index is 5.63. The average Bonchev–Trinajstić information content (AvgIpc) is 3.56. The van der Waals surface area contributed by atoms with Gasteiger partial charge < -0.3 is 9.40 Å². The normalized spacial score (nSPS) is 10.9. The predicted octanol–water partition coefficient (Wildman–Crippen LogP) is 10.8. The molecule has 4 aromatic carbocycles. The Hall–Kier alpha value is -4.96. The van der Waals surface area contributed by atoms with Crippen molar-refractivity contribution >= 4 is 32.6 Å². The summed E-state index contributed by atoms with van der Waals surface area (Å²) in [6.07, 6.45) is 7.33. The first kappa shape index (κ1) is 32.0. The Morgan fingerprint density at radius 2 is 1.49 bits per heavy atom. The summed E-state index contributed by atoms with van der Waals surface area (Å²) < 4.78 is 5.63. The van der Waals surface area contributed by atoms with Gasteiger partial charge in [-0.05, 0) is 53.9 Å². The van der Waals surface area contributed by atoms with Gasteiger partial charge in [-0.15, -0.1) is 41.0 Å². The van der Waals surface area contributed by atoms with E-state index < -0.39 is 0 Å². The molecule has 8 rings (SSSR count). The Morgan fingerprint density at radius 1 is 0.660 bits per heavy atom. The van der Waals surface area contributed by atoms with Crippen molar-refractivity contribution in [3.8, 4) is 33.6 Å². The third-order valence-electron chi connectivity index (χ3n) is 8.66. The molecule has 0 amide bonds. The summed E-state index contributed by atoms with van der Waals surface area (Å²) in [6, 6.07) is 36.1. The molecule has 47 heavy (non-hydrogen) atoms. The maximum absolute atomic E-state index is 5.63. The molecule has 0 aliphatic carbocycles. The molecule has 1 radical (unpaired) electrons. The van der Waals surface area contributed by atoms with Crippen molar-refractivity contribution in [3.05, 3.63) is 150 Å². The van der Waals surface area contributed by atoms with Crippen molar-refractivity contribution in [2.24, 2.45) is 0 Å². The van der Waals surface area contributed by atoms with Gasteiger partial charge in [-0.1, -0.05) is 114 Å². The van der Waals surface area contributed by atoms with Gasteiger partial charge in [-0.2, -0.15) is 0 Å². The van der Waals surface area contributed by atoms with Crippen LogP contribution in [0.15, 0.2) is 114 Å². The Kier molecular flexibility index (Phi) is 9.13. The number of benzene rings is 4. The van der Waals surface area contributed by atoms with Crippen LogP contribution < -0.4 is 0 Å². The molecule has 233 valence electrons. The second-order valence-corrected chi connectivity index (χ2v) is 11.9. The molecule has 0 saturated carbocycles. The molecule has 0 atom stereocenters. The van der Waals surface area contributed by atoms with Gasteiger partial charge in [0.05, 0.1) is 5.58 Å². The molecule has 0 saturated heterocycles. The molecule has 0 spiro atoms. The standard InChI is InChI=1S/C27H17N2O.C15H16N.Ir/c1-17-7-9-22-18(14-17)4-2-5-21(22)20-8-10-25(29-16-20)24-15-19-11-13-30-27(19)26-23(24)6-3-12-28-26;1-10-5-6-14(7-11(10)2)15-8-12(3)13(4)9-16-15;/h2-14,16H,1H3;5,7-9H,1-4H3;/q2*-1;. The molecule has 5 heteroatoms. The molecule has 8 aromatic rings. The largest absolute Gasteiger partial charge is 0.506 e. The van der Waals surface area contributed by atoms with Gasteiger partial charge in [0, 0.05) is 56.2 Å². The minimum absolute atomic E-state index is 0. The second kappa shape index (κ2) is 13.4. The number of nitrogens with zero attached hydrogens (tertiary/aromatic N) is 3. The molecule has 0 unspecified atom stereocenters. The number of fused-ring (bicyclic) bond motifs is 4. The van der Waals surface area contributed by atoms with Crippen LogP contribution in [0.1, 0.15) is 27.8 Å². The van der Waals surface area contributed by atoms with E-state index in [0.29, 0.717) is 0 Å². The van der Waals surface area contributed by atoms with Crippen molar-refractivity contribution in [2.45, 2.75) is 34.6 Å². The summed E-state index contributed by atoms with van der Waals surface area (Å²) in [7, 11) is 0. The fraction of sp³-hybridized carbons (Fsp3) is 0.119. The smallest absolute Gasteiger partial charge is 0.0847 e. The summed E-state index contributed by atoms with van der Waals surface area (Å²) in [5.74, 6) is 0. The SMILES string of the molecule is Cc1c[c-]c(-c2cc(C)c(C)cn2)cc1C.Cc1ccc2c(-c3ccc(-c4[c-]c5ccoc5c5ncccc45)nc3)cccc2c1.[Ir]. The van der Waals surface area contributed by atoms with Gasteiger partial charge in [0.25, 0.3) is 0 Å². The molecular weight excluding hydrogens is 755 g/mol. The van der Waals surface area contributed by atoms with E-state index in [1.807, 2.05) is 36.7 Å². The van der Waals surface area contributed by atoms with E-state index in [1.165, 1.54) is 44.2 Å². The maximum Gasteiger partial charge on any atom is 0.0847 e. The fourth-order valence-electron chi connectivity index (χ4n) is 5.73. The summed E-state index contributed by atoms with van der Waals surface area (Å²) in [4.78, 5) is 13.8. The van der Waals surface area contributed by atoms with E-state index >= 15 is 0 Å². The predicted molar refractivity (Wildman–Crippen MR) is 189 cm³/mol. The van der Waals surface area contributed by atoms with Crippen LogP contribution in [-0.2, 0) is 20.1 Å². The van der Waals surface area contributed by atoms with E-state index in [9.17, 15) is 0 Å². The van der Waals surface area contributed by atoms with E-state index in [0.717, 1.165) is 50.0 Å². The van der Waals surface area contributed by atoms with Crippen LogP contribution >= 0.6 is 0 Å². The summed E-state index contributed by atoms with van der Waals surface area (Å²) in [6.45, 7) is 10.5. The van der Waals surface area contributed by atoms with Gasteiger partial charge in [-0.25, -0.2) is 0 Å². The van der Waals surface area contributed by atoms with Crippen molar-refractivity contribution in [1.29, 1.82) is 0 Å². The Morgan fingerprint density at radius 3 is 2.28 bits per heavy atom. The summed E-state index contributed by atoms with van der Waals surface area (Å²) in [5.41, 5.74) is 14.1. The number of hydrogen-bond acceptors (Lipinski definition) is 4. The van der Waals surface area contributed by atoms with Crippen molar-refractivity contribution < 1.29 is 24.5 Å². The van der Waals surface area contributed by atoms with E-state index in [1.54, 1.807) is 12.5 Å². The van der Waals surface area contributed by atoms with Crippen molar-refractivity contribution in [2.75, 3.05) is 0 Å². The molecule has 4 nitrogen and oxygen atoms in total. The first-order valence-corrected chi connectivity index (χ1v) is 15.4. The topological polar surface area (TPSA) is 51.8 Å². The number of aromatic nitrogens is 3. The molecular formula is C42H33IrN3O-2. The van der Waals surface area contributed by atoms with Gasteiger partial charge >= 0.3 is 0 Å². The monoisotopic (exact) mass is 788 g/mol. The van der Waals surface area contributed by atoms with Crippen LogP contribution in [-0.4, -0.2) is 15.0 Å². The number of aryl methyl sites for hydroxylation is 5. The summed E-state index contributed by atoms with van der Waals surface area (Å²) >= 11 is 0. The van der Waals surface area contributed by atoms with Gasteiger partial charge in [0.15, 0.2) is 0 Å². The second-order valence-electron chi connectivity index (χ2n) is 11.9. The molecule has 0 fully saturated rings. The molecule has 4 aromatic heterocycles. The molecule has 0 aliphatic heterocycles. The van der Waals surface area contributed by atoms with Gasteiger partial charge in [0.2, 0.25) is 0 Å². The van der Waals surface area contributed by atoms with E-state index in [2.05, 4.69) is 117 Å². The number of hydrogen-bond donors (Lipinski definition) is 0. The fourth-order valence-corrected chi connectivity index (χ4v) is 5.73. The Labute approximate surface area is 288 Å². The minimum Gasteiger partial charge on any atom is -0.506 e. The third kappa shape index (κ3) is 6.38. The Bertz CT molecular complexity index is 2320. The Balaban J connectivity index is 0.000000194. The average molecular weight is 788 g/mol. The van der Waals surface area contributed by atoms with Crippen LogP contribution in [0.5, 0.6) is 0 Å². The zero-order chi connectivity index (χ0) is 31.8. The van der Waals surface area contributed by atoms with Crippen molar-refractivity contribution in [1.82, 2.24) is 15.0 Å². The molecule has 0 bridgehead atoms. The first-order valence-electron chi connectivity index (χ1n) is 15.4. The van der Waals surface area contributed by atoms with Crippen LogP contribution in [0.25, 0.3) is 66.3 Å². The quantitative estimate of drug-likeness (QED) is 0.167. The minimum atomic E-state index is 0. The van der Waals surface area contributed by atoms with Crippen molar-refractivity contribution in [3.63, 3.8) is 0 Å². The molecule has 4 heterocycles. The van der Waals surface area contributed by atoms with Crippen LogP contribution in [0.2, 0.25) is 0 Å². The van der Waals surface area contributed by atoms with E-state index in [-0.39, 0.29) is 20.1 Å². The molecule has 0 aliphatic rings. The molecule has 0 N–H and O–H groups in total. The van der Waals surface area contributed by atoms with E-state index in [4.69, 9.17) is 9.40 Å². The van der Waals surface area contributed by atoms with Crippen LogP contribution in [0, 0.1) is 46.8 Å². The number of furan rings is 1. The van der Waals surface area contributed by atoms with Crippen LogP contribution in [0.4, 0.5) is 0 Å². The zero-order valence-electron chi connectivity index (χ0n) is 27.0. The first-order chi connectivity index (χ1) is 22.4. The van der Waals surface area contributed by atoms with Crippen LogP contribution in [0.3, 0.4) is 0 Å². The summed E-state index contributed by atoms with van der Waals surface area (Å²) in [5, 5.41) is 4.37. The third-order valence-corrected chi connectivity index (χ3v) is 8.66. The van der Waals surface area contributed by atoms with Gasteiger partial charge in [-0.3, -0.25) is 9.97 Å². The zero-order valence-corrected chi connectivity index (χ0v) is 29.4. The van der Waals surface area contributed by atoms with Gasteiger partial charge in [0.1, 0.15) is 0 Å². The number of rotatable bonds is 3.